The van der Waals surface area contributed by atoms with Crippen LogP contribution in [0.3, 0.4) is 0 Å². The Morgan fingerprint density at radius 3 is 2.89 bits per heavy atom. The van der Waals surface area contributed by atoms with E-state index < -0.39 is 0 Å². The third-order valence-electron chi connectivity index (χ3n) is 4.87. The Labute approximate surface area is 164 Å². The summed E-state index contributed by atoms with van der Waals surface area (Å²) in [6.45, 7) is 6.17. The molecule has 0 radical (unpaired) electrons. The van der Waals surface area contributed by atoms with Gasteiger partial charge in [0.2, 0.25) is 0 Å². The first-order chi connectivity index (χ1) is 13.2. The molecule has 3 heterocycles. The zero-order valence-corrected chi connectivity index (χ0v) is 16.6. The molecule has 0 fully saturated rings. The molecule has 142 valence electrons. The molecule has 0 aliphatic carbocycles. The number of furan rings is 1. The molecule has 3 aromatic rings. The quantitative estimate of drug-likeness (QED) is 0.677. The Bertz CT molecular complexity index is 890. The molecule has 1 unspecified atom stereocenters. The van der Waals surface area contributed by atoms with Crippen molar-refractivity contribution in [3.63, 3.8) is 0 Å². The number of benzene rings is 1. The van der Waals surface area contributed by atoms with Gasteiger partial charge >= 0.3 is 0 Å². The lowest BCUT2D eigenvalue weighted by atomic mass is 10.00. The largest absolute Gasteiger partial charge is 0.453 e. The summed E-state index contributed by atoms with van der Waals surface area (Å²) in [5.41, 5.74) is 2.96. The summed E-state index contributed by atoms with van der Waals surface area (Å²) in [6, 6.07) is 13.2. The average Bonchev–Trinajstić information content (AvgIpc) is 3.29. The number of nitrogens with one attached hydrogen (secondary N) is 1. The van der Waals surface area contributed by atoms with Gasteiger partial charge < -0.3 is 14.3 Å². The first-order valence-electron chi connectivity index (χ1n) is 9.30. The summed E-state index contributed by atoms with van der Waals surface area (Å²) in [5.74, 6) is 0.940. The predicted molar refractivity (Wildman–Crippen MR) is 106 cm³/mol. The number of nitrogens with zero attached hydrogens (tertiary/aromatic N) is 4. The van der Waals surface area contributed by atoms with Gasteiger partial charge in [-0.3, -0.25) is 4.90 Å². The zero-order chi connectivity index (χ0) is 18.6. The Hall–Kier alpha value is -2.09. The topological polar surface area (TPSA) is 59.1 Å². The third kappa shape index (κ3) is 4.61. The lowest BCUT2D eigenvalue weighted by Crippen LogP contribution is -2.41. The second kappa shape index (κ2) is 8.29. The fraction of sp³-hybridized carbons (Fsp3) is 0.400. The first kappa shape index (κ1) is 18.3. The van der Waals surface area contributed by atoms with Crippen molar-refractivity contribution >= 4 is 11.8 Å². The molecule has 1 aromatic carbocycles. The molecule has 0 spiro atoms. The Balaban J connectivity index is 1.25. The van der Waals surface area contributed by atoms with Gasteiger partial charge in [0.15, 0.2) is 10.2 Å². The van der Waals surface area contributed by atoms with Gasteiger partial charge in [-0.1, -0.05) is 24.3 Å². The van der Waals surface area contributed by atoms with Crippen LogP contribution in [-0.2, 0) is 26.6 Å². The van der Waals surface area contributed by atoms with Crippen LogP contribution in [0.25, 0.3) is 0 Å². The van der Waals surface area contributed by atoms with Gasteiger partial charge in [-0.05, 0) is 48.4 Å². The second-order valence-electron chi connectivity index (χ2n) is 7.08. The van der Waals surface area contributed by atoms with Crippen LogP contribution in [0.4, 0.5) is 0 Å². The van der Waals surface area contributed by atoms with E-state index in [1.54, 1.807) is 6.33 Å². The van der Waals surface area contributed by atoms with E-state index in [0.29, 0.717) is 6.04 Å². The summed E-state index contributed by atoms with van der Waals surface area (Å²) in [7, 11) is 1.93. The summed E-state index contributed by atoms with van der Waals surface area (Å²) >= 11 is 1.48. The monoisotopic (exact) mass is 383 g/mol. The molecule has 1 atom stereocenters. The maximum Gasteiger partial charge on any atom is 0.198 e. The van der Waals surface area contributed by atoms with Gasteiger partial charge in [-0.15, -0.1) is 10.2 Å². The van der Waals surface area contributed by atoms with Gasteiger partial charge in [0.05, 0.1) is 6.54 Å². The van der Waals surface area contributed by atoms with Crippen LogP contribution in [0.15, 0.2) is 57.4 Å². The predicted octanol–water partition coefficient (Wildman–Crippen LogP) is 3.10. The summed E-state index contributed by atoms with van der Waals surface area (Å²) < 4.78 is 7.78. The van der Waals surface area contributed by atoms with E-state index in [0.717, 1.165) is 48.6 Å². The standard InChI is InChI=1S/C20H25N5OS/c1-15(12-25-10-9-16-5-3-4-6-17(16)13-25)21-11-18-7-8-19(26-18)27-20-23-22-14-24(20)2/h3-8,14-15,21H,9-13H2,1-2H3. The van der Waals surface area contributed by atoms with Crippen LogP contribution in [0, 0.1) is 0 Å². The van der Waals surface area contributed by atoms with Gasteiger partial charge in [0, 0.05) is 32.7 Å². The third-order valence-corrected chi connectivity index (χ3v) is 5.84. The number of fused-ring (bicyclic) bond motifs is 1. The normalized spacial score (nSPS) is 15.6. The molecule has 0 saturated carbocycles. The van der Waals surface area contributed by atoms with Crippen molar-refractivity contribution < 1.29 is 4.42 Å². The van der Waals surface area contributed by atoms with E-state index in [1.807, 2.05) is 23.7 Å². The minimum atomic E-state index is 0.398. The Kier molecular flexibility index (Phi) is 5.61. The minimum Gasteiger partial charge on any atom is -0.453 e. The molecular weight excluding hydrogens is 358 g/mol. The van der Waals surface area contributed by atoms with Crippen LogP contribution in [-0.4, -0.2) is 38.8 Å². The van der Waals surface area contributed by atoms with Crippen molar-refractivity contribution in [2.75, 3.05) is 13.1 Å². The number of aryl methyl sites for hydroxylation is 1. The highest BCUT2D eigenvalue weighted by molar-refractivity contribution is 7.99. The van der Waals surface area contributed by atoms with E-state index >= 15 is 0 Å². The van der Waals surface area contributed by atoms with Gasteiger partial charge in [0.25, 0.3) is 0 Å². The van der Waals surface area contributed by atoms with Crippen LogP contribution < -0.4 is 5.32 Å². The highest BCUT2D eigenvalue weighted by Gasteiger charge is 2.17. The molecular formula is C20H25N5OS. The highest BCUT2D eigenvalue weighted by Crippen LogP contribution is 2.27. The molecule has 2 aromatic heterocycles. The molecule has 0 saturated heterocycles. The molecule has 4 rings (SSSR count). The number of rotatable bonds is 7. The fourth-order valence-electron chi connectivity index (χ4n) is 3.40. The molecule has 0 bridgehead atoms. The minimum absolute atomic E-state index is 0.398. The SMILES string of the molecule is CC(CN1CCc2ccccc2C1)NCc1ccc(Sc2nncn2C)o1. The van der Waals surface area contributed by atoms with Crippen molar-refractivity contribution in [3.05, 3.63) is 59.6 Å². The molecule has 7 heteroatoms. The Morgan fingerprint density at radius 1 is 1.22 bits per heavy atom. The van der Waals surface area contributed by atoms with E-state index in [-0.39, 0.29) is 0 Å². The van der Waals surface area contributed by atoms with Crippen molar-refractivity contribution in [1.29, 1.82) is 0 Å². The van der Waals surface area contributed by atoms with Crippen LogP contribution in [0.2, 0.25) is 0 Å². The molecule has 1 N–H and O–H groups in total. The van der Waals surface area contributed by atoms with Crippen molar-refractivity contribution in [2.45, 2.75) is 42.7 Å². The van der Waals surface area contributed by atoms with Crippen LogP contribution in [0.5, 0.6) is 0 Å². The van der Waals surface area contributed by atoms with Gasteiger partial charge in [-0.2, -0.15) is 0 Å². The van der Waals surface area contributed by atoms with Gasteiger partial charge in [-0.25, -0.2) is 0 Å². The fourth-order valence-corrected chi connectivity index (χ4v) is 4.14. The summed E-state index contributed by atoms with van der Waals surface area (Å²) in [5, 5.41) is 13.2. The maximum absolute atomic E-state index is 5.90. The van der Waals surface area contributed by atoms with E-state index in [2.05, 4.69) is 51.6 Å². The highest BCUT2D eigenvalue weighted by atomic mass is 32.2. The number of hydrogen-bond acceptors (Lipinski definition) is 6. The number of aromatic nitrogens is 3. The molecule has 1 aliphatic heterocycles. The second-order valence-corrected chi connectivity index (χ2v) is 8.05. The van der Waals surface area contributed by atoms with E-state index in [9.17, 15) is 0 Å². The first-order valence-corrected chi connectivity index (χ1v) is 10.1. The maximum atomic E-state index is 5.90. The molecule has 0 amide bonds. The van der Waals surface area contributed by atoms with Crippen LogP contribution in [0.1, 0.15) is 23.8 Å². The van der Waals surface area contributed by atoms with E-state index in [4.69, 9.17) is 4.42 Å². The summed E-state index contributed by atoms with van der Waals surface area (Å²) in [6.07, 6.45) is 2.83. The van der Waals surface area contributed by atoms with E-state index in [1.165, 1.54) is 22.9 Å². The average molecular weight is 384 g/mol. The van der Waals surface area contributed by atoms with Crippen LogP contribution >= 0.6 is 11.8 Å². The summed E-state index contributed by atoms with van der Waals surface area (Å²) in [4.78, 5) is 2.53. The van der Waals surface area contributed by atoms with Gasteiger partial charge in [0.1, 0.15) is 12.1 Å². The molecule has 27 heavy (non-hydrogen) atoms. The van der Waals surface area contributed by atoms with Crippen molar-refractivity contribution in [1.82, 2.24) is 25.0 Å². The Morgan fingerprint density at radius 2 is 2.07 bits per heavy atom. The number of hydrogen-bond donors (Lipinski definition) is 1. The lowest BCUT2D eigenvalue weighted by molar-refractivity contribution is 0.227. The molecule has 1 aliphatic rings. The van der Waals surface area contributed by atoms with Crippen molar-refractivity contribution in [2.24, 2.45) is 7.05 Å². The smallest absolute Gasteiger partial charge is 0.198 e. The van der Waals surface area contributed by atoms with Crippen molar-refractivity contribution in [3.8, 4) is 0 Å². The zero-order valence-electron chi connectivity index (χ0n) is 15.8. The lowest BCUT2D eigenvalue weighted by Gasteiger charge is -2.31. The molecule has 6 nitrogen and oxygen atoms in total.